The number of carbonyl (C=O) groups excluding carboxylic acids is 1. The van der Waals surface area contributed by atoms with Gasteiger partial charge < -0.3 is 16.2 Å². The molecule has 1 aromatic carbocycles. The number of rotatable bonds is 4. The normalized spacial score (nSPS) is 38.0. The van der Waals surface area contributed by atoms with Crippen molar-refractivity contribution in [2.24, 2.45) is 17.1 Å². The molecule has 4 nitrogen and oxygen atoms in total. The molecule has 28 heavy (non-hydrogen) atoms. The molecule has 8 heteroatoms. The molecule has 0 spiro atoms. The molecular weight excluding hydrogens is 393 g/mol. The minimum absolute atomic E-state index is 0.156. The van der Waals surface area contributed by atoms with Crippen LogP contribution >= 0.6 is 11.6 Å². The van der Waals surface area contributed by atoms with E-state index < -0.39 is 52.7 Å². The average molecular weight is 417 g/mol. The maximum absolute atomic E-state index is 14.9. The van der Waals surface area contributed by atoms with E-state index in [0.29, 0.717) is 32.1 Å². The molecule has 154 valence electrons. The number of amides is 1. The van der Waals surface area contributed by atoms with Gasteiger partial charge in [-0.2, -0.15) is 0 Å². The second-order valence-electron chi connectivity index (χ2n) is 8.79. The van der Waals surface area contributed by atoms with Crippen molar-refractivity contribution < 1.29 is 23.1 Å². The van der Waals surface area contributed by atoms with Gasteiger partial charge in [-0.05, 0) is 62.5 Å². The first-order valence-electron chi connectivity index (χ1n) is 9.70. The summed E-state index contributed by atoms with van der Waals surface area (Å²) in [7, 11) is 0. The maximum atomic E-state index is 14.9. The number of nitrogens with one attached hydrogen (secondary N) is 1. The van der Waals surface area contributed by atoms with Gasteiger partial charge in [0.2, 0.25) is 5.91 Å². The molecular formula is C20H24ClF3N2O2. The zero-order valence-electron chi connectivity index (χ0n) is 15.4. The van der Waals surface area contributed by atoms with Crippen LogP contribution in [0, 0.1) is 23.0 Å². The highest BCUT2D eigenvalue weighted by Gasteiger charge is 2.59. The Morgan fingerprint density at radius 3 is 2.46 bits per heavy atom. The monoisotopic (exact) mass is 416 g/mol. The minimum Gasteiger partial charge on any atom is -0.391 e. The number of hydrogen-bond acceptors (Lipinski definition) is 3. The fraction of sp³-hybridized carbons (Fsp3) is 0.650. The summed E-state index contributed by atoms with van der Waals surface area (Å²) in [6, 6.07) is 0.663. The lowest BCUT2D eigenvalue weighted by Gasteiger charge is -2.37. The molecule has 0 aromatic heterocycles. The Bertz CT molecular complexity index is 788. The summed E-state index contributed by atoms with van der Waals surface area (Å²) in [6.45, 7) is 0. The molecule has 0 aliphatic heterocycles. The zero-order chi connectivity index (χ0) is 20.3. The highest BCUT2D eigenvalue weighted by atomic mass is 35.5. The number of halogens is 4. The summed E-state index contributed by atoms with van der Waals surface area (Å²) in [6.07, 6.45) is 1.36. The van der Waals surface area contributed by atoms with Crippen molar-refractivity contribution in [1.82, 2.24) is 5.32 Å². The molecule has 3 saturated carbocycles. The van der Waals surface area contributed by atoms with E-state index in [1.165, 1.54) is 0 Å². The van der Waals surface area contributed by atoms with Crippen LogP contribution in [-0.2, 0) is 4.79 Å². The molecule has 0 radical (unpaired) electrons. The molecule has 0 saturated heterocycles. The van der Waals surface area contributed by atoms with Gasteiger partial charge in [-0.3, -0.25) is 4.79 Å². The second kappa shape index (κ2) is 6.89. The van der Waals surface area contributed by atoms with Crippen LogP contribution in [0.1, 0.15) is 56.6 Å². The average Bonchev–Trinajstić information content (AvgIpc) is 3.29. The van der Waals surface area contributed by atoms with E-state index in [0.717, 1.165) is 12.1 Å². The predicted octanol–water partition coefficient (Wildman–Crippen LogP) is 3.55. The third-order valence-electron chi connectivity index (χ3n) is 7.03. The van der Waals surface area contributed by atoms with Gasteiger partial charge in [-0.15, -0.1) is 0 Å². The largest absolute Gasteiger partial charge is 0.391 e. The minimum atomic E-state index is -1.35. The smallest absolute Gasteiger partial charge is 0.223 e. The first kappa shape index (κ1) is 20.0. The van der Waals surface area contributed by atoms with Crippen molar-refractivity contribution in [3.63, 3.8) is 0 Å². The number of alkyl halides is 1. The van der Waals surface area contributed by atoms with E-state index in [2.05, 4.69) is 5.32 Å². The Kier molecular flexibility index (Phi) is 4.91. The summed E-state index contributed by atoms with van der Waals surface area (Å²) in [5, 5.41) is 12.4. The van der Waals surface area contributed by atoms with Gasteiger partial charge in [0, 0.05) is 17.5 Å². The highest BCUT2D eigenvalue weighted by Crippen LogP contribution is 2.63. The standard InChI is InChI=1S/C20H24ClF3N2O2/c21-11-1-2-12(22)15(16(11)23)17(19-3-5-20(24,9-19)6-4-19)26-18(28)10-7-13(25)14(27)8-10/h1-2,10,13-14,17,27H,3-9,25H2,(H,26,28)/t10?,13?,14?,17-,19?,20?/m1/s1. The first-order valence-corrected chi connectivity index (χ1v) is 10.1. The van der Waals surface area contributed by atoms with Crippen LogP contribution in [0.15, 0.2) is 12.1 Å². The van der Waals surface area contributed by atoms with Gasteiger partial charge >= 0.3 is 0 Å². The van der Waals surface area contributed by atoms with E-state index in [9.17, 15) is 23.1 Å². The Morgan fingerprint density at radius 2 is 1.93 bits per heavy atom. The van der Waals surface area contributed by atoms with Gasteiger partial charge in [0.1, 0.15) is 17.3 Å². The van der Waals surface area contributed by atoms with Gasteiger partial charge in [0.05, 0.1) is 17.2 Å². The quantitative estimate of drug-likeness (QED) is 0.657. The van der Waals surface area contributed by atoms with E-state index in [-0.39, 0.29) is 23.4 Å². The molecule has 3 aliphatic carbocycles. The summed E-state index contributed by atoms with van der Waals surface area (Å²) >= 11 is 5.89. The molecule has 3 unspecified atom stereocenters. The van der Waals surface area contributed by atoms with Crippen LogP contribution in [0.5, 0.6) is 0 Å². The van der Waals surface area contributed by atoms with Crippen molar-refractivity contribution in [2.75, 3.05) is 0 Å². The fourth-order valence-corrected chi connectivity index (χ4v) is 5.60. The molecule has 4 atom stereocenters. The van der Waals surface area contributed by atoms with Gasteiger partial charge in [-0.25, -0.2) is 13.2 Å². The van der Waals surface area contributed by atoms with E-state index in [4.69, 9.17) is 17.3 Å². The van der Waals surface area contributed by atoms with Crippen LogP contribution in [0.3, 0.4) is 0 Å². The summed E-state index contributed by atoms with van der Waals surface area (Å²) in [4.78, 5) is 12.9. The fourth-order valence-electron chi connectivity index (χ4n) is 5.43. The Labute approximate surface area is 166 Å². The SMILES string of the molecule is NC1CC(C(=O)N[C@H](c2c(F)ccc(Cl)c2F)C23CCC(F)(CC2)C3)CC1O. The van der Waals surface area contributed by atoms with Gasteiger partial charge in [-0.1, -0.05) is 11.6 Å². The Balaban J connectivity index is 1.70. The third-order valence-corrected chi connectivity index (χ3v) is 7.32. The third kappa shape index (κ3) is 3.21. The lowest BCUT2D eigenvalue weighted by molar-refractivity contribution is -0.127. The van der Waals surface area contributed by atoms with Crippen molar-refractivity contribution in [2.45, 2.75) is 68.8 Å². The van der Waals surface area contributed by atoms with Crippen molar-refractivity contribution >= 4 is 17.5 Å². The maximum Gasteiger partial charge on any atom is 0.223 e. The summed E-state index contributed by atoms with van der Waals surface area (Å²) in [5.74, 6) is -2.71. The van der Waals surface area contributed by atoms with Gasteiger partial charge in [0.25, 0.3) is 0 Å². The van der Waals surface area contributed by atoms with Crippen molar-refractivity contribution in [1.29, 1.82) is 0 Å². The summed E-state index contributed by atoms with van der Waals surface area (Å²) < 4.78 is 44.4. The molecule has 1 aromatic rings. The molecule has 1 amide bonds. The number of aliphatic hydroxyl groups is 1. The Morgan fingerprint density at radius 1 is 1.25 bits per heavy atom. The first-order chi connectivity index (χ1) is 13.1. The van der Waals surface area contributed by atoms with E-state index in [1.54, 1.807) is 0 Å². The highest BCUT2D eigenvalue weighted by molar-refractivity contribution is 6.30. The van der Waals surface area contributed by atoms with Crippen LogP contribution in [0.25, 0.3) is 0 Å². The summed E-state index contributed by atoms with van der Waals surface area (Å²) in [5.41, 5.74) is 3.39. The number of carbonyl (C=O) groups is 1. The number of hydrogen-bond donors (Lipinski definition) is 3. The number of fused-ring (bicyclic) bond motifs is 2. The molecule has 2 bridgehead atoms. The molecule has 0 heterocycles. The Hall–Kier alpha value is -1.31. The number of nitrogens with two attached hydrogens (primary N) is 1. The van der Waals surface area contributed by atoms with Crippen LogP contribution in [0.4, 0.5) is 13.2 Å². The topological polar surface area (TPSA) is 75.4 Å². The zero-order valence-corrected chi connectivity index (χ0v) is 16.1. The van der Waals surface area contributed by atoms with Crippen molar-refractivity contribution in [3.8, 4) is 0 Å². The molecule has 3 aliphatic rings. The van der Waals surface area contributed by atoms with E-state index in [1.807, 2.05) is 0 Å². The lowest BCUT2D eigenvalue weighted by atomic mass is 9.74. The lowest BCUT2D eigenvalue weighted by Crippen LogP contribution is -2.42. The van der Waals surface area contributed by atoms with Crippen molar-refractivity contribution in [3.05, 3.63) is 34.4 Å². The number of benzene rings is 1. The van der Waals surface area contributed by atoms with Crippen LogP contribution in [-0.4, -0.2) is 28.8 Å². The molecule has 4 N–H and O–H groups in total. The van der Waals surface area contributed by atoms with Crippen LogP contribution in [0.2, 0.25) is 5.02 Å². The molecule has 3 fully saturated rings. The second-order valence-corrected chi connectivity index (χ2v) is 9.20. The predicted molar refractivity (Wildman–Crippen MR) is 98.3 cm³/mol. The van der Waals surface area contributed by atoms with Crippen LogP contribution < -0.4 is 11.1 Å². The van der Waals surface area contributed by atoms with Gasteiger partial charge in [0.15, 0.2) is 0 Å². The molecule has 4 rings (SSSR count). The van der Waals surface area contributed by atoms with E-state index >= 15 is 0 Å². The number of aliphatic hydroxyl groups excluding tert-OH is 1.